The predicted molar refractivity (Wildman–Crippen MR) is 128 cm³/mol. The van der Waals surface area contributed by atoms with Gasteiger partial charge in [0.25, 0.3) is 0 Å². The molecule has 0 fully saturated rings. The zero-order chi connectivity index (χ0) is 22.8. The number of fused-ring (bicyclic) bond motifs is 1. The Morgan fingerprint density at radius 3 is 2.42 bits per heavy atom. The number of imidazole rings is 1. The number of methoxy groups -OCH3 is 1. The zero-order valence-corrected chi connectivity index (χ0v) is 18.4. The molecule has 0 aliphatic carbocycles. The molecule has 0 radical (unpaired) electrons. The third-order valence-corrected chi connectivity index (χ3v) is 5.65. The number of aromatic nitrogens is 4. The number of hydrogen-bond acceptors (Lipinski definition) is 5. The van der Waals surface area contributed by atoms with Crippen LogP contribution in [0.15, 0.2) is 85.5 Å². The molecule has 3 aromatic carbocycles. The molecule has 5 aromatic rings. The minimum atomic E-state index is 0.0381. The number of nitrogens with zero attached hydrogens (tertiary/aromatic N) is 4. The van der Waals surface area contributed by atoms with Crippen molar-refractivity contribution in [1.82, 2.24) is 19.5 Å². The standard InChI is InChI=1S/C27H22N4O2/c1-18(32)21-8-10-23(11-9-21)31-17-30-26-25(28-16-29-27(26)31)22-5-3-4-20(15-22)14-19-6-12-24(33-2)13-7-19/h3-13,15-17H,14H2,1-2H3. The van der Waals surface area contributed by atoms with E-state index in [9.17, 15) is 4.79 Å². The van der Waals surface area contributed by atoms with E-state index in [0.29, 0.717) is 5.56 Å². The van der Waals surface area contributed by atoms with E-state index in [-0.39, 0.29) is 5.78 Å². The summed E-state index contributed by atoms with van der Waals surface area (Å²) < 4.78 is 7.16. The van der Waals surface area contributed by atoms with Crippen molar-refractivity contribution in [1.29, 1.82) is 0 Å². The molecule has 0 atom stereocenters. The Morgan fingerprint density at radius 1 is 0.909 bits per heavy atom. The van der Waals surface area contributed by atoms with Gasteiger partial charge in [0, 0.05) is 16.8 Å². The molecule has 2 heterocycles. The van der Waals surface area contributed by atoms with Crippen LogP contribution in [0.5, 0.6) is 5.75 Å². The molecule has 0 aliphatic rings. The van der Waals surface area contributed by atoms with E-state index in [2.05, 4.69) is 39.2 Å². The Kier molecular flexibility index (Phi) is 5.40. The van der Waals surface area contributed by atoms with Crippen molar-refractivity contribution < 1.29 is 9.53 Å². The van der Waals surface area contributed by atoms with Crippen molar-refractivity contribution in [2.75, 3.05) is 7.11 Å². The van der Waals surface area contributed by atoms with Crippen molar-refractivity contribution >= 4 is 16.9 Å². The van der Waals surface area contributed by atoms with E-state index in [1.165, 1.54) is 11.1 Å². The number of ether oxygens (including phenoxy) is 1. The maximum absolute atomic E-state index is 11.6. The van der Waals surface area contributed by atoms with E-state index in [1.807, 2.05) is 53.1 Å². The van der Waals surface area contributed by atoms with Crippen molar-refractivity contribution in [2.24, 2.45) is 0 Å². The first-order valence-electron chi connectivity index (χ1n) is 10.6. The van der Waals surface area contributed by atoms with Crippen molar-refractivity contribution in [2.45, 2.75) is 13.3 Å². The molecule has 0 bridgehead atoms. The van der Waals surface area contributed by atoms with Crippen LogP contribution >= 0.6 is 0 Å². The first-order chi connectivity index (χ1) is 16.1. The summed E-state index contributed by atoms with van der Waals surface area (Å²) in [4.78, 5) is 25.2. The molecule has 162 valence electrons. The van der Waals surface area contributed by atoms with Gasteiger partial charge in [-0.25, -0.2) is 15.0 Å². The molecule has 0 saturated carbocycles. The van der Waals surface area contributed by atoms with Crippen LogP contribution in [0, 0.1) is 0 Å². The molecule has 0 N–H and O–H groups in total. The van der Waals surface area contributed by atoms with Crippen LogP contribution in [0.3, 0.4) is 0 Å². The summed E-state index contributed by atoms with van der Waals surface area (Å²) in [6.07, 6.45) is 4.12. The Bertz CT molecular complexity index is 1440. The molecule has 6 heteroatoms. The number of carbonyl (C=O) groups excluding carboxylic acids is 1. The second-order valence-corrected chi connectivity index (χ2v) is 7.84. The van der Waals surface area contributed by atoms with E-state index < -0.39 is 0 Å². The van der Waals surface area contributed by atoms with Gasteiger partial charge in [-0.05, 0) is 66.9 Å². The summed E-state index contributed by atoms with van der Waals surface area (Å²) >= 11 is 0. The van der Waals surface area contributed by atoms with Crippen LogP contribution in [0.25, 0.3) is 28.1 Å². The molecule has 0 saturated heterocycles. The molecule has 0 amide bonds. The average molecular weight is 434 g/mol. The van der Waals surface area contributed by atoms with Crippen LogP contribution < -0.4 is 4.74 Å². The van der Waals surface area contributed by atoms with E-state index in [4.69, 9.17) is 4.74 Å². The van der Waals surface area contributed by atoms with Crippen LogP contribution in [-0.2, 0) is 6.42 Å². The number of ketones is 1. The molecular weight excluding hydrogens is 412 g/mol. The lowest BCUT2D eigenvalue weighted by atomic mass is 10.0. The number of rotatable bonds is 6. The van der Waals surface area contributed by atoms with Crippen molar-refractivity contribution in [3.63, 3.8) is 0 Å². The monoisotopic (exact) mass is 434 g/mol. The highest BCUT2D eigenvalue weighted by molar-refractivity contribution is 5.94. The molecule has 0 unspecified atom stereocenters. The second-order valence-electron chi connectivity index (χ2n) is 7.84. The number of benzene rings is 3. The summed E-state index contributed by atoms with van der Waals surface area (Å²) in [5.74, 6) is 0.888. The van der Waals surface area contributed by atoms with Crippen LogP contribution in [0.2, 0.25) is 0 Å². The molecular formula is C27H22N4O2. The van der Waals surface area contributed by atoms with Gasteiger partial charge in [-0.2, -0.15) is 0 Å². The summed E-state index contributed by atoms with van der Waals surface area (Å²) in [5, 5.41) is 0. The summed E-state index contributed by atoms with van der Waals surface area (Å²) in [7, 11) is 1.67. The van der Waals surface area contributed by atoms with Crippen LogP contribution in [0.4, 0.5) is 0 Å². The molecule has 0 spiro atoms. The Balaban J connectivity index is 1.49. The minimum Gasteiger partial charge on any atom is -0.497 e. The predicted octanol–water partition coefficient (Wildman–Crippen LogP) is 5.28. The van der Waals surface area contributed by atoms with Crippen LogP contribution in [-0.4, -0.2) is 32.4 Å². The van der Waals surface area contributed by atoms with Gasteiger partial charge in [0.2, 0.25) is 0 Å². The minimum absolute atomic E-state index is 0.0381. The Morgan fingerprint density at radius 2 is 1.70 bits per heavy atom. The van der Waals surface area contributed by atoms with Gasteiger partial charge >= 0.3 is 0 Å². The lowest BCUT2D eigenvalue weighted by molar-refractivity contribution is 0.101. The first-order valence-corrected chi connectivity index (χ1v) is 10.6. The SMILES string of the molecule is COc1ccc(Cc2cccc(-c3ncnc4c3ncn4-c3ccc(C(C)=O)cc3)c2)cc1. The third-order valence-electron chi connectivity index (χ3n) is 5.65. The highest BCUT2D eigenvalue weighted by Gasteiger charge is 2.13. The van der Waals surface area contributed by atoms with Gasteiger partial charge in [0.1, 0.15) is 29.6 Å². The lowest BCUT2D eigenvalue weighted by Gasteiger charge is -2.08. The van der Waals surface area contributed by atoms with E-state index >= 15 is 0 Å². The molecule has 2 aromatic heterocycles. The van der Waals surface area contributed by atoms with Crippen molar-refractivity contribution in [3.05, 3.63) is 102 Å². The van der Waals surface area contributed by atoms with E-state index in [1.54, 1.807) is 26.7 Å². The number of carbonyl (C=O) groups is 1. The first kappa shape index (κ1) is 20.6. The summed E-state index contributed by atoms with van der Waals surface area (Å²) in [6.45, 7) is 1.56. The number of hydrogen-bond donors (Lipinski definition) is 0. The smallest absolute Gasteiger partial charge is 0.168 e. The van der Waals surface area contributed by atoms with Crippen molar-refractivity contribution in [3.8, 4) is 22.7 Å². The van der Waals surface area contributed by atoms with Gasteiger partial charge in [-0.15, -0.1) is 0 Å². The fourth-order valence-corrected chi connectivity index (χ4v) is 3.90. The fraction of sp³-hybridized carbons (Fsp3) is 0.111. The highest BCUT2D eigenvalue weighted by Crippen LogP contribution is 2.27. The molecule has 0 aliphatic heterocycles. The summed E-state index contributed by atoms with van der Waals surface area (Å²) in [5.41, 5.74) is 7.18. The molecule has 33 heavy (non-hydrogen) atoms. The van der Waals surface area contributed by atoms with Gasteiger partial charge < -0.3 is 4.74 Å². The van der Waals surface area contributed by atoms with Gasteiger partial charge in [-0.3, -0.25) is 9.36 Å². The lowest BCUT2D eigenvalue weighted by Crippen LogP contribution is -1.97. The quantitative estimate of drug-likeness (QED) is 0.340. The van der Waals surface area contributed by atoms with Gasteiger partial charge in [0.05, 0.1) is 7.11 Å². The Labute approximate surface area is 191 Å². The van der Waals surface area contributed by atoms with E-state index in [0.717, 1.165) is 40.3 Å². The average Bonchev–Trinajstić information content (AvgIpc) is 3.29. The topological polar surface area (TPSA) is 69.9 Å². The van der Waals surface area contributed by atoms with Gasteiger partial charge in [0.15, 0.2) is 11.4 Å². The molecule has 5 rings (SSSR count). The van der Waals surface area contributed by atoms with Gasteiger partial charge in [-0.1, -0.05) is 30.3 Å². The fourth-order valence-electron chi connectivity index (χ4n) is 3.90. The van der Waals surface area contributed by atoms with Crippen LogP contribution in [0.1, 0.15) is 28.4 Å². The maximum atomic E-state index is 11.6. The number of Topliss-reactive ketones (excluding diaryl/α,β-unsaturated/α-hetero) is 1. The molecule has 6 nitrogen and oxygen atoms in total. The Hall–Kier alpha value is -4.32. The summed E-state index contributed by atoms with van der Waals surface area (Å²) in [6, 6.07) is 23.9. The second kappa shape index (κ2) is 8.67. The largest absolute Gasteiger partial charge is 0.497 e. The maximum Gasteiger partial charge on any atom is 0.168 e. The zero-order valence-electron chi connectivity index (χ0n) is 18.4. The normalized spacial score (nSPS) is 11.0. The third kappa shape index (κ3) is 4.11. The highest BCUT2D eigenvalue weighted by atomic mass is 16.5.